The quantitative estimate of drug-likeness (QED) is 0.308. The first kappa shape index (κ1) is 23.1. The highest BCUT2D eigenvalue weighted by molar-refractivity contribution is 7.99. The van der Waals surface area contributed by atoms with Crippen LogP contribution in [0, 0.1) is 13.8 Å². The molecule has 0 N–H and O–H groups in total. The van der Waals surface area contributed by atoms with Gasteiger partial charge in [-0.2, -0.15) is 11.8 Å². The lowest BCUT2D eigenvalue weighted by molar-refractivity contribution is 0.0219. The van der Waals surface area contributed by atoms with Crippen LogP contribution in [0.15, 0.2) is 0 Å². The van der Waals surface area contributed by atoms with Gasteiger partial charge in [0.15, 0.2) is 0 Å². The number of hydrogen-bond acceptors (Lipinski definition) is 7. The molecule has 2 radical (unpaired) electrons. The highest BCUT2D eigenvalue weighted by atomic mass is 32.2. The molecule has 0 aliphatic carbocycles. The molecule has 7 heteroatoms. The van der Waals surface area contributed by atoms with Crippen LogP contribution in [0.4, 0.5) is 0 Å². The van der Waals surface area contributed by atoms with Gasteiger partial charge in [0.05, 0.1) is 66.1 Å². The Bertz CT molecular complexity index is 189. The number of thioether (sulfide) groups is 1. The summed E-state index contributed by atoms with van der Waals surface area (Å²) in [5.74, 6) is 1.93. The molecule has 0 spiro atoms. The van der Waals surface area contributed by atoms with Crippen molar-refractivity contribution < 1.29 is 28.4 Å². The fourth-order valence-corrected chi connectivity index (χ4v) is 2.10. The molecule has 0 bridgehead atoms. The highest BCUT2D eigenvalue weighted by Gasteiger charge is 1.94. The molecule has 0 heterocycles. The van der Waals surface area contributed by atoms with Gasteiger partial charge in [0.1, 0.15) is 0 Å². The molecule has 0 rings (SSSR count). The Hall–Kier alpha value is 0.110. The van der Waals surface area contributed by atoms with Crippen molar-refractivity contribution in [3.63, 3.8) is 0 Å². The Morgan fingerprint density at radius 3 is 1.09 bits per heavy atom. The molecule has 0 amide bonds. The van der Waals surface area contributed by atoms with Crippen molar-refractivity contribution >= 4 is 11.8 Å². The number of rotatable bonds is 20. The zero-order valence-corrected chi connectivity index (χ0v) is 15.0. The molecule has 6 nitrogen and oxygen atoms in total. The summed E-state index contributed by atoms with van der Waals surface area (Å²) in [6, 6.07) is 0. The maximum atomic E-state index is 5.46. The van der Waals surface area contributed by atoms with E-state index < -0.39 is 0 Å². The van der Waals surface area contributed by atoms with Gasteiger partial charge in [-0.1, -0.05) is 0 Å². The molecule has 0 aromatic rings. The molecular weight excluding hydrogens is 320 g/mol. The number of hydrogen-bond donors (Lipinski definition) is 0. The monoisotopic (exact) mass is 352 g/mol. The summed E-state index contributed by atoms with van der Waals surface area (Å²) >= 11 is 1.82. The van der Waals surface area contributed by atoms with Gasteiger partial charge in [-0.05, 0) is 13.8 Å². The molecule has 0 aliphatic heterocycles. The summed E-state index contributed by atoms with van der Waals surface area (Å²) in [6.07, 6.45) is 0. The van der Waals surface area contributed by atoms with Crippen molar-refractivity contribution in [2.45, 2.75) is 0 Å². The second-order valence-electron chi connectivity index (χ2n) is 4.29. The van der Waals surface area contributed by atoms with Crippen molar-refractivity contribution in [1.29, 1.82) is 0 Å². The smallest absolute Gasteiger partial charge is 0.0701 e. The maximum Gasteiger partial charge on any atom is 0.0701 e. The van der Waals surface area contributed by atoms with Gasteiger partial charge in [0.25, 0.3) is 0 Å². The van der Waals surface area contributed by atoms with Crippen LogP contribution in [0.3, 0.4) is 0 Å². The third-order valence-electron chi connectivity index (χ3n) is 2.52. The molecule has 23 heavy (non-hydrogen) atoms. The summed E-state index contributed by atoms with van der Waals surface area (Å²) in [5, 5.41) is 0. The summed E-state index contributed by atoms with van der Waals surface area (Å²) in [5.41, 5.74) is 0. The van der Waals surface area contributed by atoms with E-state index in [0.717, 1.165) is 24.7 Å². The summed E-state index contributed by atoms with van der Waals surface area (Å²) < 4.78 is 31.7. The normalized spacial score (nSPS) is 11.2. The maximum absolute atomic E-state index is 5.46. The molecular formula is C16H32O6S. The average Bonchev–Trinajstić information content (AvgIpc) is 2.57. The highest BCUT2D eigenvalue weighted by Crippen LogP contribution is 1.99. The summed E-state index contributed by atoms with van der Waals surface area (Å²) in [4.78, 5) is 0. The van der Waals surface area contributed by atoms with Gasteiger partial charge < -0.3 is 28.4 Å². The van der Waals surface area contributed by atoms with Gasteiger partial charge in [-0.15, -0.1) is 0 Å². The van der Waals surface area contributed by atoms with Gasteiger partial charge in [-0.3, -0.25) is 0 Å². The average molecular weight is 352 g/mol. The van der Waals surface area contributed by atoms with Crippen LogP contribution in [0.25, 0.3) is 0 Å². The predicted octanol–water partition coefficient (Wildman–Crippen LogP) is 1.49. The Morgan fingerprint density at radius 1 is 0.435 bits per heavy atom. The van der Waals surface area contributed by atoms with Crippen LogP contribution in [-0.2, 0) is 28.4 Å². The Balaban J connectivity index is 2.92. The van der Waals surface area contributed by atoms with Gasteiger partial charge in [-0.25, -0.2) is 0 Å². The second kappa shape index (κ2) is 22.1. The molecule has 0 saturated heterocycles. The van der Waals surface area contributed by atoms with E-state index in [1.165, 1.54) is 0 Å². The molecule has 138 valence electrons. The van der Waals surface area contributed by atoms with Crippen molar-refractivity contribution in [1.82, 2.24) is 0 Å². The third-order valence-corrected chi connectivity index (χ3v) is 3.43. The van der Waals surface area contributed by atoms with Gasteiger partial charge in [0, 0.05) is 24.7 Å². The van der Waals surface area contributed by atoms with Crippen LogP contribution >= 0.6 is 11.8 Å². The first-order valence-electron chi connectivity index (χ1n) is 8.04. The molecule has 0 unspecified atom stereocenters. The Kier molecular flexibility index (Phi) is 22.2. The van der Waals surface area contributed by atoms with Gasteiger partial charge >= 0.3 is 0 Å². The van der Waals surface area contributed by atoms with Crippen LogP contribution in [-0.4, -0.2) is 90.8 Å². The van der Waals surface area contributed by atoms with E-state index in [1.807, 2.05) is 11.8 Å². The van der Waals surface area contributed by atoms with Crippen molar-refractivity contribution in [3.8, 4) is 0 Å². The standard InChI is InChI=1S/C16H32O6S/c1-3-17-5-7-19-9-11-21-13-15-23-16-14-22-12-10-20-8-6-18-4-2/h1-16H2. The lowest BCUT2D eigenvalue weighted by Crippen LogP contribution is -2.11. The van der Waals surface area contributed by atoms with Crippen LogP contribution in [0.2, 0.25) is 0 Å². The van der Waals surface area contributed by atoms with Crippen molar-refractivity contribution in [2.75, 3.05) is 90.8 Å². The minimum absolute atomic E-state index is 0.486. The van der Waals surface area contributed by atoms with E-state index in [4.69, 9.17) is 28.4 Å². The third kappa shape index (κ3) is 22.1. The molecule has 0 saturated carbocycles. The van der Waals surface area contributed by atoms with E-state index in [2.05, 4.69) is 13.8 Å². The fourth-order valence-electron chi connectivity index (χ4n) is 1.42. The molecule has 0 fully saturated rings. The first-order chi connectivity index (χ1) is 11.4. The summed E-state index contributed by atoms with van der Waals surface area (Å²) in [6.45, 7) is 14.4. The number of ether oxygens (including phenoxy) is 6. The largest absolute Gasteiger partial charge is 0.379 e. The van der Waals surface area contributed by atoms with Crippen LogP contribution in [0.5, 0.6) is 0 Å². The molecule has 0 aromatic carbocycles. The Morgan fingerprint density at radius 2 is 0.739 bits per heavy atom. The van der Waals surface area contributed by atoms with E-state index >= 15 is 0 Å². The lowest BCUT2D eigenvalue weighted by atomic mass is 10.7. The van der Waals surface area contributed by atoms with E-state index in [-0.39, 0.29) is 0 Å². The van der Waals surface area contributed by atoms with E-state index in [1.54, 1.807) is 0 Å². The van der Waals surface area contributed by atoms with Crippen LogP contribution in [0.1, 0.15) is 0 Å². The summed E-state index contributed by atoms with van der Waals surface area (Å²) in [7, 11) is 0. The zero-order chi connectivity index (χ0) is 16.8. The fraction of sp³-hybridized carbons (Fsp3) is 0.875. The SMILES string of the molecule is [CH2]COCCOCCOCCSCCOCCOCCOC[CH2]. The van der Waals surface area contributed by atoms with Crippen LogP contribution < -0.4 is 0 Å². The van der Waals surface area contributed by atoms with Crippen molar-refractivity contribution in [3.05, 3.63) is 13.8 Å². The molecule has 0 aliphatic rings. The zero-order valence-electron chi connectivity index (χ0n) is 14.2. The minimum atomic E-state index is 0.486. The van der Waals surface area contributed by atoms with Crippen molar-refractivity contribution in [2.24, 2.45) is 0 Å². The first-order valence-corrected chi connectivity index (χ1v) is 9.20. The minimum Gasteiger partial charge on any atom is -0.379 e. The lowest BCUT2D eigenvalue weighted by Gasteiger charge is -2.07. The second-order valence-corrected chi connectivity index (χ2v) is 5.51. The predicted molar refractivity (Wildman–Crippen MR) is 93.0 cm³/mol. The Labute approximate surface area is 145 Å². The van der Waals surface area contributed by atoms with E-state index in [9.17, 15) is 0 Å². The molecule has 0 atom stereocenters. The van der Waals surface area contributed by atoms with E-state index in [0.29, 0.717) is 66.1 Å². The topological polar surface area (TPSA) is 55.4 Å². The van der Waals surface area contributed by atoms with Gasteiger partial charge in [0.2, 0.25) is 0 Å². The molecule has 0 aromatic heterocycles.